The van der Waals surface area contributed by atoms with Gasteiger partial charge < -0.3 is 25.0 Å². The average Bonchev–Trinajstić information content (AvgIpc) is 2.51. The second-order valence-electron chi connectivity index (χ2n) is 4.85. The molecule has 2 atom stereocenters. The third kappa shape index (κ3) is 12.7. The van der Waals surface area contributed by atoms with Crippen molar-refractivity contribution in [3.63, 3.8) is 0 Å². The van der Waals surface area contributed by atoms with Crippen LogP contribution in [0.2, 0.25) is 0 Å². The summed E-state index contributed by atoms with van der Waals surface area (Å²) in [4.78, 5) is 33.9. The lowest BCUT2D eigenvalue weighted by atomic mass is 10.2. The summed E-state index contributed by atoms with van der Waals surface area (Å²) in [5.74, 6) is -2.19. The van der Waals surface area contributed by atoms with Crippen molar-refractivity contribution in [2.24, 2.45) is 0 Å². The van der Waals surface area contributed by atoms with Crippen LogP contribution in [0.5, 0.6) is 0 Å². The topological polar surface area (TPSA) is 122 Å². The molecular weight excluding hydrogens is 401 g/mol. The number of alkyl carbamates (subject to hydrolysis) is 1. The summed E-state index contributed by atoms with van der Waals surface area (Å²) in [7, 11) is 0. The number of carboxylic acids is 1. The number of esters is 1. The third-order valence-electron chi connectivity index (χ3n) is 2.61. The fourth-order valence-electron chi connectivity index (χ4n) is 1.36. The van der Waals surface area contributed by atoms with Crippen LogP contribution in [0.25, 0.3) is 0 Å². The van der Waals surface area contributed by atoms with Gasteiger partial charge in [-0.2, -0.15) is 0 Å². The summed E-state index contributed by atoms with van der Waals surface area (Å²) in [5, 5.41) is 20.6. The van der Waals surface area contributed by atoms with E-state index in [2.05, 4.69) is 4.74 Å². The van der Waals surface area contributed by atoms with E-state index >= 15 is 0 Å². The van der Waals surface area contributed by atoms with Gasteiger partial charge in [-0.1, -0.05) is 60.3 Å². The van der Waals surface area contributed by atoms with Gasteiger partial charge in [-0.15, -0.1) is 0 Å². The van der Waals surface area contributed by atoms with Crippen molar-refractivity contribution >= 4 is 52.8 Å². The Hall–Kier alpha value is -1.22. The van der Waals surface area contributed by atoms with Crippen LogP contribution in [0.4, 0.5) is 4.79 Å². The first-order valence-electron chi connectivity index (χ1n) is 7.31. The second-order valence-corrected chi connectivity index (χ2v) is 7.37. The van der Waals surface area contributed by atoms with E-state index in [1.165, 1.54) is 6.08 Å². The molecule has 0 saturated heterocycles. The minimum atomic E-state index is -1.83. The quantitative estimate of drug-likeness (QED) is 0.214. The summed E-state index contributed by atoms with van der Waals surface area (Å²) in [6.07, 6.45) is 1.09. The van der Waals surface area contributed by atoms with Gasteiger partial charge in [0.05, 0.1) is 6.61 Å². The fraction of sp³-hybridized carbons (Fsp3) is 0.643. The van der Waals surface area contributed by atoms with Crippen LogP contribution < -0.4 is 5.32 Å². The van der Waals surface area contributed by atoms with Crippen molar-refractivity contribution in [1.29, 1.82) is 0 Å². The SMILES string of the molecule is CCCCOC(=O)C(O)C/C=C/[C@H](NC(=O)OCC(Cl)(Cl)Cl)C(=O)O. The Morgan fingerprint density at radius 1 is 1.24 bits per heavy atom. The first-order valence-corrected chi connectivity index (χ1v) is 8.44. The minimum Gasteiger partial charge on any atom is -0.479 e. The van der Waals surface area contributed by atoms with E-state index in [0.29, 0.717) is 6.42 Å². The summed E-state index contributed by atoms with van der Waals surface area (Å²) in [5.41, 5.74) is 0. The number of aliphatic hydroxyl groups is 1. The van der Waals surface area contributed by atoms with Crippen molar-refractivity contribution in [3.05, 3.63) is 12.2 Å². The van der Waals surface area contributed by atoms with E-state index in [1.807, 2.05) is 12.2 Å². The molecule has 144 valence electrons. The molecule has 1 amide bonds. The molecule has 1 unspecified atom stereocenters. The molecule has 8 nitrogen and oxygen atoms in total. The normalized spacial score (nSPS) is 14.0. The first-order chi connectivity index (χ1) is 11.6. The molecule has 0 bridgehead atoms. The number of ether oxygens (including phenoxy) is 2. The van der Waals surface area contributed by atoms with Gasteiger partial charge in [0.1, 0.15) is 12.6 Å². The van der Waals surface area contributed by atoms with Crippen LogP contribution in [0.15, 0.2) is 12.2 Å². The van der Waals surface area contributed by atoms with Gasteiger partial charge in [0.25, 0.3) is 0 Å². The number of aliphatic carboxylic acids is 1. The number of carboxylic acid groups (broad SMARTS) is 1. The van der Waals surface area contributed by atoms with E-state index in [9.17, 15) is 19.5 Å². The average molecular weight is 421 g/mol. The summed E-state index contributed by atoms with van der Waals surface area (Å²) in [6.45, 7) is 1.55. The van der Waals surface area contributed by atoms with Crippen molar-refractivity contribution in [3.8, 4) is 0 Å². The predicted molar refractivity (Wildman–Crippen MR) is 91.8 cm³/mol. The van der Waals surface area contributed by atoms with Gasteiger partial charge in [-0.05, 0) is 6.42 Å². The van der Waals surface area contributed by atoms with Gasteiger partial charge in [0.2, 0.25) is 3.79 Å². The Balaban J connectivity index is 4.41. The molecule has 0 aliphatic carbocycles. The molecule has 0 spiro atoms. The van der Waals surface area contributed by atoms with Gasteiger partial charge in [0.15, 0.2) is 6.10 Å². The maximum atomic E-state index is 11.4. The number of carbonyl (C=O) groups is 3. The number of amides is 1. The Bertz CT molecular complexity index is 480. The monoisotopic (exact) mass is 419 g/mol. The number of hydrogen-bond donors (Lipinski definition) is 3. The first kappa shape index (κ1) is 23.8. The third-order valence-corrected chi connectivity index (χ3v) is 2.94. The minimum absolute atomic E-state index is 0.181. The van der Waals surface area contributed by atoms with Crippen LogP contribution in [0.3, 0.4) is 0 Å². The number of halogens is 3. The summed E-state index contributed by atoms with van der Waals surface area (Å²) in [6, 6.07) is -1.45. The molecule has 11 heteroatoms. The highest BCUT2D eigenvalue weighted by molar-refractivity contribution is 6.67. The molecule has 0 aromatic heterocycles. The smallest absolute Gasteiger partial charge is 0.408 e. The van der Waals surface area contributed by atoms with Crippen molar-refractivity contribution < 1.29 is 34.1 Å². The van der Waals surface area contributed by atoms with E-state index in [1.54, 1.807) is 0 Å². The molecule has 0 saturated carbocycles. The number of alkyl halides is 3. The zero-order valence-electron chi connectivity index (χ0n) is 13.4. The van der Waals surface area contributed by atoms with Gasteiger partial charge in [0, 0.05) is 6.42 Å². The molecule has 0 aliphatic heterocycles. The highest BCUT2D eigenvalue weighted by Gasteiger charge is 2.24. The van der Waals surface area contributed by atoms with Crippen LogP contribution in [-0.2, 0) is 19.1 Å². The molecule has 25 heavy (non-hydrogen) atoms. The van der Waals surface area contributed by atoms with Gasteiger partial charge in [-0.3, -0.25) is 0 Å². The van der Waals surface area contributed by atoms with Crippen molar-refractivity contribution in [2.75, 3.05) is 13.2 Å². The molecule has 0 aliphatic rings. The van der Waals surface area contributed by atoms with E-state index in [0.717, 1.165) is 12.5 Å². The molecule has 0 fully saturated rings. The number of nitrogens with one attached hydrogen (secondary N) is 1. The van der Waals surface area contributed by atoms with E-state index in [-0.39, 0.29) is 13.0 Å². The molecule has 0 aromatic carbocycles. The molecule has 0 aromatic rings. The maximum Gasteiger partial charge on any atom is 0.408 e. The molecule has 0 heterocycles. The number of aliphatic hydroxyl groups excluding tert-OH is 1. The Kier molecular flexibility index (Phi) is 11.6. The van der Waals surface area contributed by atoms with Crippen molar-refractivity contribution in [2.45, 2.75) is 42.1 Å². The van der Waals surface area contributed by atoms with E-state index in [4.69, 9.17) is 44.6 Å². The molecule has 0 rings (SSSR count). The Labute approximate surface area is 160 Å². The fourth-order valence-corrected chi connectivity index (χ4v) is 1.52. The standard InChI is InChI=1S/C14H20Cl3NO7/c1-2-3-7-24-12(22)10(19)6-4-5-9(11(20)21)18-13(23)25-8-14(15,16)17/h4-5,9-10,19H,2-3,6-8H2,1H3,(H,18,23)(H,20,21)/b5-4+/t9-,10?/m0/s1. The highest BCUT2D eigenvalue weighted by Crippen LogP contribution is 2.25. The second kappa shape index (κ2) is 12.2. The molecular formula is C14H20Cl3NO7. The van der Waals surface area contributed by atoms with Crippen LogP contribution >= 0.6 is 34.8 Å². The van der Waals surface area contributed by atoms with Crippen molar-refractivity contribution in [1.82, 2.24) is 5.32 Å². The highest BCUT2D eigenvalue weighted by atomic mass is 35.6. The number of carbonyl (C=O) groups excluding carboxylic acids is 2. The largest absolute Gasteiger partial charge is 0.479 e. The summed E-state index contributed by atoms with van der Waals surface area (Å²) >= 11 is 16.2. The van der Waals surface area contributed by atoms with E-state index < -0.39 is 40.6 Å². The number of rotatable bonds is 10. The van der Waals surface area contributed by atoms with Crippen LogP contribution in [0, 0.1) is 0 Å². The van der Waals surface area contributed by atoms with Crippen LogP contribution in [-0.4, -0.2) is 57.4 Å². The van der Waals surface area contributed by atoms with Gasteiger partial charge >= 0.3 is 18.0 Å². The molecule has 0 radical (unpaired) electrons. The maximum absolute atomic E-state index is 11.4. The number of hydrogen-bond acceptors (Lipinski definition) is 6. The lowest BCUT2D eigenvalue weighted by molar-refractivity contribution is -0.153. The zero-order chi connectivity index (χ0) is 19.5. The Morgan fingerprint density at radius 2 is 1.88 bits per heavy atom. The lowest BCUT2D eigenvalue weighted by Crippen LogP contribution is -2.40. The molecule has 3 N–H and O–H groups in total. The van der Waals surface area contributed by atoms with Crippen LogP contribution in [0.1, 0.15) is 26.2 Å². The predicted octanol–water partition coefficient (Wildman–Crippen LogP) is 2.19. The zero-order valence-corrected chi connectivity index (χ0v) is 15.7. The lowest BCUT2D eigenvalue weighted by Gasteiger charge is -2.14. The van der Waals surface area contributed by atoms with Gasteiger partial charge in [-0.25, -0.2) is 14.4 Å². The number of unbranched alkanes of at least 4 members (excludes halogenated alkanes) is 1. The Morgan fingerprint density at radius 3 is 2.40 bits per heavy atom. The summed E-state index contributed by atoms with van der Waals surface area (Å²) < 4.78 is 7.53.